The van der Waals surface area contributed by atoms with Crippen LogP contribution >= 0.6 is 0 Å². The number of hydrogen-bond acceptors (Lipinski definition) is 4. The van der Waals surface area contributed by atoms with E-state index in [9.17, 15) is 18.0 Å². The van der Waals surface area contributed by atoms with Crippen molar-refractivity contribution in [3.63, 3.8) is 0 Å². The first kappa shape index (κ1) is 23.6. The lowest BCUT2D eigenvalue weighted by Crippen LogP contribution is -2.26. The summed E-state index contributed by atoms with van der Waals surface area (Å²) in [4.78, 5) is 16.5. The molecule has 1 aliphatic carbocycles. The summed E-state index contributed by atoms with van der Waals surface area (Å²) in [5, 5.41) is 10.5. The van der Waals surface area contributed by atoms with Crippen molar-refractivity contribution in [2.24, 2.45) is 5.92 Å². The van der Waals surface area contributed by atoms with Crippen molar-refractivity contribution in [1.82, 2.24) is 15.2 Å². The number of nitrogens with one attached hydrogen (secondary N) is 1. The van der Waals surface area contributed by atoms with Crippen molar-refractivity contribution >= 4 is 17.3 Å². The average molecular weight is 467 g/mol. The second-order valence-electron chi connectivity index (χ2n) is 8.51. The zero-order chi connectivity index (χ0) is 24.1. The summed E-state index contributed by atoms with van der Waals surface area (Å²) in [6.45, 7) is 2.09. The Labute approximate surface area is 196 Å². The molecule has 0 spiro atoms. The van der Waals surface area contributed by atoms with Crippen molar-refractivity contribution in [3.05, 3.63) is 88.9 Å². The smallest absolute Gasteiger partial charge is 0.309 e. The molecule has 0 bridgehead atoms. The molecule has 3 aromatic rings. The molecule has 8 heteroatoms. The van der Waals surface area contributed by atoms with E-state index in [0.29, 0.717) is 17.9 Å². The summed E-state index contributed by atoms with van der Waals surface area (Å²) in [5.41, 5.74) is 4.43. The van der Waals surface area contributed by atoms with Crippen LogP contribution in [-0.4, -0.2) is 21.1 Å². The second kappa shape index (κ2) is 10.2. The molecule has 2 heterocycles. The fraction of sp³-hybridized carbons (Fsp3) is 0.308. The lowest BCUT2D eigenvalue weighted by atomic mass is 9.82. The highest BCUT2D eigenvalue weighted by molar-refractivity contribution is 5.91. The van der Waals surface area contributed by atoms with Crippen LogP contribution in [0.25, 0.3) is 5.57 Å². The number of hydrogen-bond donors (Lipinski definition) is 1. The first-order valence-electron chi connectivity index (χ1n) is 11.2. The SMILES string of the molecule is CC(=C1CCC(C(=O)Nc2cccnn2)CC1)c1cccc(Cc2ccc(C(F)(F)F)cn2)c1. The van der Waals surface area contributed by atoms with E-state index in [0.717, 1.165) is 49.1 Å². The highest BCUT2D eigenvalue weighted by atomic mass is 19.4. The molecule has 2 aromatic heterocycles. The molecule has 1 N–H and O–H groups in total. The first-order valence-corrected chi connectivity index (χ1v) is 11.2. The van der Waals surface area contributed by atoms with Gasteiger partial charge in [0.25, 0.3) is 0 Å². The molecule has 34 heavy (non-hydrogen) atoms. The van der Waals surface area contributed by atoms with E-state index in [1.54, 1.807) is 18.3 Å². The van der Waals surface area contributed by atoms with Crippen molar-refractivity contribution < 1.29 is 18.0 Å². The van der Waals surface area contributed by atoms with Crippen molar-refractivity contribution in [3.8, 4) is 0 Å². The molecule has 0 saturated heterocycles. The Morgan fingerprint density at radius 2 is 1.88 bits per heavy atom. The van der Waals surface area contributed by atoms with Crippen LogP contribution in [0.5, 0.6) is 0 Å². The molecular formula is C26H25F3N4O. The number of nitrogens with zero attached hydrogens (tertiary/aromatic N) is 3. The van der Waals surface area contributed by atoms with Crippen molar-refractivity contribution in [2.45, 2.75) is 45.2 Å². The normalized spacial score (nSPS) is 16.2. The van der Waals surface area contributed by atoms with Gasteiger partial charge in [-0.05, 0) is 73.6 Å². The van der Waals surface area contributed by atoms with Crippen molar-refractivity contribution in [2.75, 3.05) is 5.32 Å². The summed E-state index contributed by atoms with van der Waals surface area (Å²) < 4.78 is 38.3. The quantitative estimate of drug-likeness (QED) is 0.495. The number of allylic oxidation sites excluding steroid dienone is 2. The summed E-state index contributed by atoms with van der Waals surface area (Å²) in [6.07, 6.45) is 1.74. The summed E-state index contributed by atoms with van der Waals surface area (Å²) >= 11 is 0. The number of anilines is 1. The Morgan fingerprint density at radius 3 is 2.53 bits per heavy atom. The van der Waals surface area contributed by atoms with Gasteiger partial charge in [-0.2, -0.15) is 18.3 Å². The Morgan fingerprint density at radius 1 is 1.09 bits per heavy atom. The third kappa shape index (κ3) is 5.87. The van der Waals surface area contributed by atoms with Gasteiger partial charge in [0.2, 0.25) is 5.91 Å². The van der Waals surface area contributed by atoms with Crippen LogP contribution in [0.2, 0.25) is 0 Å². The number of carbonyl (C=O) groups is 1. The minimum atomic E-state index is -4.38. The molecule has 0 aliphatic heterocycles. The molecule has 4 rings (SSSR count). The molecule has 1 fully saturated rings. The van der Waals surface area contributed by atoms with E-state index in [1.165, 1.54) is 17.2 Å². The van der Waals surface area contributed by atoms with E-state index in [-0.39, 0.29) is 11.8 Å². The van der Waals surface area contributed by atoms with E-state index < -0.39 is 11.7 Å². The number of carbonyl (C=O) groups excluding carboxylic acids is 1. The maximum Gasteiger partial charge on any atom is 0.417 e. The predicted molar refractivity (Wildman–Crippen MR) is 124 cm³/mol. The van der Waals surface area contributed by atoms with Gasteiger partial charge < -0.3 is 5.32 Å². The first-order chi connectivity index (χ1) is 16.3. The van der Waals surface area contributed by atoms with Gasteiger partial charge in [0.1, 0.15) is 0 Å². The van der Waals surface area contributed by atoms with Gasteiger partial charge in [-0.1, -0.05) is 29.8 Å². The molecular weight excluding hydrogens is 441 g/mol. The van der Waals surface area contributed by atoms with Crippen LogP contribution in [0.4, 0.5) is 19.0 Å². The summed E-state index contributed by atoms with van der Waals surface area (Å²) in [5.74, 6) is 0.378. The Balaban J connectivity index is 1.39. The minimum Gasteiger partial charge on any atom is -0.309 e. The number of amides is 1. The van der Waals surface area contributed by atoms with Gasteiger partial charge in [-0.3, -0.25) is 9.78 Å². The van der Waals surface area contributed by atoms with Crippen LogP contribution in [0.3, 0.4) is 0 Å². The molecule has 1 amide bonds. The van der Waals surface area contributed by atoms with Gasteiger partial charge >= 0.3 is 6.18 Å². The molecule has 5 nitrogen and oxygen atoms in total. The minimum absolute atomic E-state index is 0.0248. The molecule has 0 unspecified atom stereocenters. The standard InChI is InChI=1S/C26H25F3N4O/c1-17(19-7-9-20(10-8-19)25(34)32-24-6-3-13-31-33-24)21-5-2-4-18(14-21)15-23-12-11-22(16-30-23)26(27,28)29/h2-6,11-14,16,20H,7-10,15H2,1H3,(H,32,33,34). The fourth-order valence-corrected chi connectivity index (χ4v) is 4.22. The highest BCUT2D eigenvalue weighted by Gasteiger charge is 2.30. The number of rotatable bonds is 5. The summed E-state index contributed by atoms with van der Waals surface area (Å²) in [6, 6.07) is 14.0. The second-order valence-corrected chi connectivity index (χ2v) is 8.51. The number of halogens is 3. The average Bonchev–Trinajstić information content (AvgIpc) is 2.84. The van der Waals surface area contributed by atoms with Gasteiger partial charge in [0.15, 0.2) is 5.82 Å². The van der Waals surface area contributed by atoms with Crippen LogP contribution < -0.4 is 5.32 Å². The molecule has 1 saturated carbocycles. The maximum atomic E-state index is 12.8. The Bertz CT molecular complexity index is 1160. The Hall–Kier alpha value is -3.55. The number of alkyl halides is 3. The number of pyridine rings is 1. The van der Waals surface area contributed by atoms with Gasteiger partial charge in [-0.25, -0.2) is 0 Å². The number of aromatic nitrogens is 3. The van der Waals surface area contributed by atoms with Crippen LogP contribution in [0.1, 0.15) is 55.0 Å². The summed E-state index contributed by atoms with van der Waals surface area (Å²) in [7, 11) is 0. The zero-order valence-electron chi connectivity index (χ0n) is 18.8. The Kier molecular flexibility index (Phi) is 7.05. The molecule has 176 valence electrons. The van der Waals surface area contributed by atoms with E-state index in [4.69, 9.17) is 0 Å². The number of benzene rings is 1. The molecule has 0 radical (unpaired) electrons. The maximum absolute atomic E-state index is 12.8. The van der Waals surface area contributed by atoms with Crippen LogP contribution in [-0.2, 0) is 17.4 Å². The third-order valence-corrected chi connectivity index (χ3v) is 6.21. The molecule has 1 aliphatic rings. The van der Waals surface area contributed by atoms with Crippen LogP contribution in [0, 0.1) is 5.92 Å². The lowest BCUT2D eigenvalue weighted by Gasteiger charge is -2.25. The third-order valence-electron chi connectivity index (χ3n) is 6.21. The van der Waals surface area contributed by atoms with E-state index in [1.807, 2.05) is 18.2 Å². The van der Waals surface area contributed by atoms with Gasteiger partial charge in [-0.15, -0.1) is 5.10 Å². The molecule has 0 atom stereocenters. The van der Waals surface area contributed by atoms with E-state index >= 15 is 0 Å². The highest BCUT2D eigenvalue weighted by Crippen LogP contribution is 2.34. The van der Waals surface area contributed by atoms with Gasteiger partial charge in [0, 0.05) is 30.4 Å². The largest absolute Gasteiger partial charge is 0.417 e. The van der Waals surface area contributed by atoms with Gasteiger partial charge in [0.05, 0.1) is 5.56 Å². The topological polar surface area (TPSA) is 67.8 Å². The molecule has 1 aromatic carbocycles. The fourth-order valence-electron chi connectivity index (χ4n) is 4.22. The van der Waals surface area contributed by atoms with Crippen LogP contribution in [0.15, 0.2) is 66.5 Å². The monoisotopic (exact) mass is 466 g/mol. The lowest BCUT2D eigenvalue weighted by molar-refractivity contribution is -0.137. The predicted octanol–water partition coefficient (Wildman–Crippen LogP) is 6.08. The van der Waals surface area contributed by atoms with Crippen molar-refractivity contribution in [1.29, 1.82) is 0 Å². The zero-order valence-corrected chi connectivity index (χ0v) is 18.8. The van der Waals surface area contributed by atoms with E-state index in [2.05, 4.69) is 33.5 Å².